The number of amides is 1. The van der Waals surface area contributed by atoms with Crippen LogP contribution in [0.15, 0.2) is 12.1 Å². The molecular weight excluding hydrogens is 349 g/mol. The Morgan fingerprint density at radius 1 is 1.33 bits per heavy atom. The van der Waals surface area contributed by atoms with Crippen molar-refractivity contribution in [1.82, 2.24) is 9.62 Å². The fraction of sp³-hybridized carbons (Fsp3) is 0.500. The van der Waals surface area contributed by atoms with E-state index in [1.165, 1.54) is 4.31 Å². The molecule has 0 aliphatic carbocycles. The van der Waals surface area contributed by atoms with Gasteiger partial charge in [0.05, 0.1) is 24.0 Å². The van der Waals surface area contributed by atoms with Crippen molar-refractivity contribution in [3.63, 3.8) is 0 Å². The van der Waals surface area contributed by atoms with Crippen LogP contribution in [0.4, 0.5) is 13.2 Å². The van der Waals surface area contributed by atoms with Gasteiger partial charge in [-0.3, -0.25) is 4.79 Å². The average Bonchev–Trinajstić information content (AvgIpc) is 2.52. The summed E-state index contributed by atoms with van der Waals surface area (Å²) in [7, 11) is -3.61. The minimum absolute atomic E-state index is 0.216. The average molecular weight is 366 g/mol. The van der Waals surface area contributed by atoms with Crippen molar-refractivity contribution < 1.29 is 31.1 Å². The van der Waals surface area contributed by atoms with Crippen molar-refractivity contribution in [1.29, 1.82) is 0 Å². The van der Waals surface area contributed by atoms with Crippen LogP contribution >= 0.6 is 0 Å². The zero-order valence-corrected chi connectivity index (χ0v) is 13.7. The van der Waals surface area contributed by atoms with Crippen molar-refractivity contribution in [2.75, 3.05) is 32.0 Å². The zero-order chi connectivity index (χ0) is 17.9. The molecule has 1 heterocycles. The first kappa shape index (κ1) is 18.7. The van der Waals surface area contributed by atoms with E-state index >= 15 is 0 Å². The number of carbonyl (C=O) groups excluding carboxylic acids is 1. The number of nitrogens with one attached hydrogen (secondary N) is 1. The number of hydrogen-bond donors (Lipinski definition) is 1. The first-order valence-corrected chi connectivity index (χ1v) is 8.84. The Hall–Kier alpha value is -1.65. The third kappa shape index (κ3) is 4.25. The summed E-state index contributed by atoms with van der Waals surface area (Å²) in [5.41, 5.74) is -0.689. The number of halogens is 3. The van der Waals surface area contributed by atoms with Gasteiger partial charge in [-0.05, 0) is 19.1 Å². The molecule has 134 valence electrons. The van der Waals surface area contributed by atoms with Gasteiger partial charge in [0.15, 0.2) is 17.5 Å². The molecule has 1 aliphatic rings. The molecule has 1 fully saturated rings. The predicted octanol–water partition coefficient (Wildman–Crippen LogP) is 0.884. The lowest BCUT2D eigenvalue weighted by Crippen LogP contribution is -2.46. The van der Waals surface area contributed by atoms with Gasteiger partial charge in [-0.25, -0.2) is 21.6 Å². The van der Waals surface area contributed by atoms with Crippen LogP contribution in [0.5, 0.6) is 0 Å². The highest BCUT2D eigenvalue weighted by molar-refractivity contribution is 7.89. The summed E-state index contributed by atoms with van der Waals surface area (Å²) >= 11 is 0. The second-order valence-corrected chi connectivity index (χ2v) is 7.42. The van der Waals surface area contributed by atoms with Gasteiger partial charge < -0.3 is 10.1 Å². The molecular formula is C14H17F3N2O4S. The van der Waals surface area contributed by atoms with E-state index in [0.717, 1.165) is 6.07 Å². The lowest BCUT2D eigenvalue weighted by atomic mass is 10.2. The standard InChI is InChI=1S/C14H17F3N2O4S/c1-9-8-19(5-6-23-9)24(21,22)7-4-18-14(20)10-2-3-11(15)13(17)12(10)16/h2-3,9H,4-8H2,1H3,(H,18,20). The number of nitrogens with zero attached hydrogens (tertiary/aromatic N) is 1. The summed E-state index contributed by atoms with van der Waals surface area (Å²) in [6.45, 7) is 2.18. The van der Waals surface area contributed by atoms with Crippen molar-refractivity contribution in [2.45, 2.75) is 13.0 Å². The number of carbonyl (C=O) groups is 1. The quantitative estimate of drug-likeness (QED) is 0.785. The molecule has 1 unspecified atom stereocenters. The highest BCUT2D eigenvalue weighted by Crippen LogP contribution is 2.15. The third-order valence-corrected chi connectivity index (χ3v) is 5.36. The smallest absolute Gasteiger partial charge is 0.254 e. The maximum atomic E-state index is 13.5. The Morgan fingerprint density at radius 2 is 2.04 bits per heavy atom. The Balaban J connectivity index is 1.94. The number of hydrogen-bond acceptors (Lipinski definition) is 4. The first-order valence-electron chi connectivity index (χ1n) is 7.23. The number of rotatable bonds is 5. The second-order valence-electron chi connectivity index (χ2n) is 5.33. The molecule has 1 aliphatic heterocycles. The van der Waals surface area contributed by atoms with E-state index in [-0.39, 0.29) is 32.3 Å². The minimum atomic E-state index is -3.61. The molecule has 0 saturated carbocycles. The lowest BCUT2D eigenvalue weighted by molar-refractivity contribution is 0.0102. The molecule has 1 saturated heterocycles. The SMILES string of the molecule is CC1CN(S(=O)(=O)CCNC(=O)c2ccc(F)c(F)c2F)CCO1. The van der Waals surface area contributed by atoms with E-state index < -0.39 is 44.7 Å². The van der Waals surface area contributed by atoms with Crippen molar-refractivity contribution in [3.05, 3.63) is 35.1 Å². The van der Waals surface area contributed by atoms with Crippen LogP contribution < -0.4 is 5.32 Å². The fourth-order valence-corrected chi connectivity index (χ4v) is 3.67. The van der Waals surface area contributed by atoms with Crippen LogP contribution in [0.25, 0.3) is 0 Å². The van der Waals surface area contributed by atoms with E-state index in [1.54, 1.807) is 6.92 Å². The van der Waals surface area contributed by atoms with E-state index in [9.17, 15) is 26.4 Å². The van der Waals surface area contributed by atoms with Gasteiger partial charge >= 0.3 is 0 Å². The van der Waals surface area contributed by atoms with Crippen LogP contribution in [-0.2, 0) is 14.8 Å². The van der Waals surface area contributed by atoms with Crippen molar-refractivity contribution >= 4 is 15.9 Å². The van der Waals surface area contributed by atoms with Gasteiger partial charge in [-0.15, -0.1) is 0 Å². The highest BCUT2D eigenvalue weighted by Gasteiger charge is 2.27. The second kappa shape index (κ2) is 7.49. The summed E-state index contributed by atoms with van der Waals surface area (Å²) in [5.74, 6) is -6.18. The zero-order valence-electron chi connectivity index (χ0n) is 12.9. The van der Waals surface area contributed by atoms with Crippen molar-refractivity contribution in [2.24, 2.45) is 0 Å². The van der Waals surface area contributed by atoms with Crippen LogP contribution in [0, 0.1) is 17.5 Å². The van der Waals surface area contributed by atoms with Crippen LogP contribution in [0.1, 0.15) is 17.3 Å². The van der Waals surface area contributed by atoms with Gasteiger partial charge in [0.2, 0.25) is 10.0 Å². The monoisotopic (exact) mass is 366 g/mol. The molecule has 0 bridgehead atoms. The molecule has 1 aromatic rings. The maximum Gasteiger partial charge on any atom is 0.254 e. The summed E-state index contributed by atoms with van der Waals surface area (Å²) in [6, 6.07) is 1.42. The molecule has 1 N–H and O–H groups in total. The Morgan fingerprint density at radius 3 is 2.71 bits per heavy atom. The Kier molecular flexibility index (Phi) is 5.83. The molecule has 1 atom stereocenters. The highest BCUT2D eigenvalue weighted by atomic mass is 32.2. The molecule has 10 heteroatoms. The molecule has 6 nitrogen and oxygen atoms in total. The summed E-state index contributed by atoms with van der Waals surface area (Å²) in [5, 5.41) is 2.19. The Labute approximate surface area is 137 Å². The number of ether oxygens (including phenoxy) is 1. The third-order valence-electron chi connectivity index (χ3n) is 3.52. The first-order chi connectivity index (χ1) is 11.2. The van der Waals surface area contributed by atoms with Crippen LogP contribution in [0.2, 0.25) is 0 Å². The molecule has 1 aromatic carbocycles. The lowest BCUT2D eigenvalue weighted by Gasteiger charge is -2.30. The predicted molar refractivity (Wildman–Crippen MR) is 79.4 cm³/mol. The Bertz CT molecular complexity index is 727. The van der Waals surface area contributed by atoms with Gasteiger partial charge in [-0.1, -0.05) is 0 Å². The topological polar surface area (TPSA) is 75.7 Å². The van der Waals surface area contributed by atoms with Gasteiger partial charge in [0.25, 0.3) is 5.91 Å². The van der Waals surface area contributed by atoms with Crippen LogP contribution in [-0.4, -0.2) is 56.7 Å². The molecule has 0 radical (unpaired) electrons. The molecule has 0 spiro atoms. The number of sulfonamides is 1. The van der Waals surface area contributed by atoms with E-state index in [4.69, 9.17) is 4.74 Å². The van der Waals surface area contributed by atoms with Gasteiger partial charge in [-0.2, -0.15) is 4.31 Å². The molecule has 2 rings (SSSR count). The summed E-state index contributed by atoms with van der Waals surface area (Å²) in [6.07, 6.45) is -0.223. The minimum Gasteiger partial charge on any atom is -0.376 e. The molecule has 0 aromatic heterocycles. The maximum absolute atomic E-state index is 13.5. The van der Waals surface area contributed by atoms with E-state index in [0.29, 0.717) is 6.07 Å². The summed E-state index contributed by atoms with van der Waals surface area (Å²) in [4.78, 5) is 11.8. The van der Waals surface area contributed by atoms with E-state index in [2.05, 4.69) is 5.32 Å². The summed E-state index contributed by atoms with van der Waals surface area (Å²) < 4.78 is 70.2. The molecule has 1 amide bonds. The number of benzene rings is 1. The van der Waals surface area contributed by atoms with Crippen LogP contribution in [0.3, 0.4) is 0 Å². The fourth-order valence-electron chi connectivity index (χ4n) is 2.26. The van der Waals surface area contributed by atoms with Gasteiger partial charge in [0, 0.05) is 19.6 Å². The molecule has 24 heavy (non-hydrogen) atoms. The van der Waals surface area contributed by atoms with E-state index in [1.807, 2.05) is 0 Å². The van der Waals surface area contributed by atoms with Crippen molar-refractivity contribution in [3.8, 4) is 0 Å². The number of morpholine rings is 1. The largest absolute Gasteiger partial charge is 0.376 e. The van der Waals surface area contributed by atoms with Gasteiger partial charge in [0.1, 0.15) is 0 Å². The normalized spacial score (nSPS) is 19.2.